The van der Waals surface area contributed by atoms with Gasteiger partial charge in [-0.3, -0.25) is 4.90 Å². The number of fused-ring (bicyclic) bond motifs is 6. The molecule has 3 nitrogen and oxygen atoms in total. The lowest BCUT2D eigenvalue weighted by Gasteiger charge is -2.63. The third-order valence-corrected chi connectivity index (χ3v) is 10.1. The van der Waals surface area contributed by atoms with Gasteiger partial charge in [-0.2, -0.15) is 0 Å². The second-order valence-corrected chi connectivity index (χ2v) is 10.7. The summed E-state index contributed by atoms with van der Waals surface area (Å²) in [5.41, 5.74) is 5.93. The molecule has 3 saturated heterocycles. The molecule has 0 radical (unpaired) electrons. The molecule has 0 amide bonds. The molecule has 4 aliphatic carbocycles. The fourth-order valence-electron chi connectivity index (χ4n) is 9.18. The van der Waals surface area contributed by atoms with Crippen LogP contribution in [0, 0.1) is 5.92 Å². The van der Waals surface area contributed by atoms with E-state index in [1.54, 1.807) is 16.7 Å². The Labute approximate surface area is 155 Å². The Morgan fingerprint density at radius 1 is 1.15 bits per heavy atom. The van der Waals surface area contributed by atoms with E-state index in [1.165, 1.54) is 58.0 Å². The molecule has 5 unspecified atom stereocenters. The van der Waals surface area contributed by atoms with Gasteiger partial charge < -0.3 is 10.1 Å². The first-order chi connectivity index (χ1) is 12.7. The second kappa shape index (κ2) is 4.09. The van der Waals surface area contributed by atoms with Crippen LogP contribution in [0.3, 0.4) is 0 Å². The maximum Gasteiger partial charge on any atom is 0.0722 e. The van der Waals surface area contributed by atoms with E-state index < -0.39 is 0 Å². The fraction of sp³-hybridized carbons (Fsp3) is 0.739. The summed E-state index contributed by atoms with van der Waals surface area (Å²) in [6, 6.07) is 8.45. The fourth-order valence-corrected chi connectivity index (χ4v) is 9.18. The van der Waals surface area contributed by atoms with Crippen molar-refractivity contribution in [1.29, 1.82) is 0 Å². The normalized spacial score (nSPS) is 54.9. The smallest absolute Gasteiger partial charge is 0.0722 e. The van der Waals surface area contributed by atoms with Crippen molar-refractivity contribution in [2.75, 3.05) is 19.7 Å². The first-order valence-electron chi connectivity index (χ1n) is 11.0. The van der Waals surface area contributed by atoms with Crippen molar-refractivity contribution in [3.05, 3.63) is 34.9 Å². The predicted octanol–water partition coefficient (Wildman–Crippen LogP) is 3.03. The third-order valence-electron chi connectivity index (χ3n) is 10.1. The topological polar surface area (TPSA) is 24.5 Å². The van der Waals surface area contributed by atoms with Crippen molar-refractivity contribution in [2.24, 2.45) is 5.92 Å². The first kappa shape index (κ1) is 14.1. The lowest BCUT2D eigenvalue weighted by molar-refractivity contribution is -0.0981. The summed E-state index contributed by atoms with van der Waals surface area (Å²) in [4.78, 5) is 3.03. The number of piperidine rings is 1. The lowest BCUT2D eigenvalue weighted by atomic mass is 9.49. The van der Waals surface area contributed by atoms with Crippen LogP contribution in [0.2, 0.25) is 0 Å². The van der Waals surface area contributed by atoms with Crippen molar-refractivity contribution in [1.82, 2.24) is 10.2 Å². The van der Waals surface area contributed by atoms with Gasteiger partial charge in [0.1, 0.15) is 0 Å². The average molecular weight is 348 g/mol. The molecular formula is C23H28N2O. The minimum absolute atomic E-state index is 0.218. The number of nitrogens with zero attached hydrogens (tertiary/aromatic N) is 1. The maximum absolute atomic E-state index is 6.38. The maximum atomic E-state index is 6.38. The molecular weight excluding hydrogens is 320 g/mol. The van der Waals surface area contributed by atoms with E-state index in [4.69, 9.17) is 4.74 Å². The number of rotatable bonds is 0. The molecule has 3 heteroatoms. The third kappa shape index (κ3) is 1.25. The van der Waals surface area contributed by atoms with Crippen LogP contribution < -0.4 is 5.32 Å². The number of morpholine rings is 1. The zero-order valence-corrected chi connectivity index (χ0v) is 15.5. The molecule has 0 aromatic heterocycles. The van der Waals surface area contributed by atoms with Crippen molar-refractivity contribution < 1.29 is 4.74 Å². The summed E-state index contributed by atoms with van der Waals surface area (Å²) < 4.78 is 6.38. The first-order valence-corrected chi connectivity index (χ1v) is 11.0. The van der Waals surface area contributed by atoms with Gasteiger partial charge in [-0.25, -0.2) is 0 Å². The monoisotopic (exact) mass is 348 g/mol. The van der Waals surface area contributed by atoms with Crippen molar-refractivity contribution in [2.45, 2.75) is 79.5 Å². The summed E-state index contributed by atoms with van der Waals surface area (Å²) in [7, 11) is 0. The van der Waals surface area contributed by atoms with Crippen LogP contribution in [0.4, 0.5) is 0 Å². The van der Waals surface area contributed by atoms with E-state index >= 15 is 0 Å². The quantitative estimate of drug-likeness (QED) is 0.780. The highest BCUT2D eigenvalue weighted by atomic mass is 16.5. The van der Waals surface area contributed by atoms with Crippen LogP contribution in [-0.2, 0) is 15.7 Å². The number of hydrogen-bond donors (Lipinski definition) is 1. The van der Waals surface area contributed by atoms with Gasteiger partial charge in [0.25, 0.3) is 0 Å². The number of nitrogens with one attached hydrogen (secondary N) is 1. The molecule has 9 rings (SSSR count). The predicted molar refractivity (Wildman–Crippen MR) is 99.3 cm³/mol. The van der Waals surface area contributed by atoms with Gasteiger partial charge in [0, 0.05) is 18.0 Å². The molecule has 3 spiro atoms. The van der Waals surface area contributed by atoms with Crippen LogP contribution in [0.5, 0.6) is 0 Å². The standard InChI is InChI=1S/C23H28N2O/c1-2-18-15-3-5-21(6-4-15)19(18)8-16(1)23-9-14(11-24-23)7-20(23)25-12-17-10-22(21,25)13-26-17/h1-2,8,14-15,17,20,24H,3-7,9-13H2. The summed E-state index contributed by atoms with van der Waals surface area (Å²) in [6.07, 6.45) is 10.1. The van der Waals surface area contributed by atoms with Crippen LogP contribution in [-0.4, -0.2) is 42.3 Å². The molecule has 1 N–H and O–H groups in total. The Balaban J connectivity index is 1.49. The van der Waals surface area contributed by atoms with Gasteiger partial charge in [-0.1, -0.05) is 18.2 Å². The van der Waals surface area contributed by atoms with Gasteiger partial charge in [0.05, 0.1) is 23.8 Å². The molecule has 8 bridgehead atoms. The molecule has 1 aromatic carbocycles. The van der Waals surface area contributed by atoms with Crippen LogP contribution in [0.15, 0.2) is 18.2 Å². The molecule has 4 heterocycles. The zero-order valence-electron chi connectivity index (χ0n) is 15.5. The van der Waals surface area contributed by atoms with E-state index in [0.29, 0.717) is 17.6 Å². The average Bonchev–Trinajstić information content (AvgIpc) is 3.46. The Hall–Kier alpha value is -0.900. The molecule has 2 saturated carbocycles. The van der Waals surface area contributed by atoms with Gasteiger partial charge >= 0.3 is 0 Å². The van der Waals surface area contributed by atoms with E-state index in [-0.39, 0.29) is 11.1 Å². The molecule has 8 aliphatic rings. The Morgan fingerprint density at radius 3 is 2.92 bits per heavy atom. The van der Waals surface area contributed by atoms with E-state index in [9.17, 15) is 0 Å². The van der Waals surface area contributed by atoms with Crippen molar-refractivity contribution in [3.63, 3.8) is 0 Å². The van der Waals surface area contributed by atoms with Crippen molar-refractivity contribution in [3.8, 4) is 0 Å². The zero-order chi connectivity index (χ0) is 16.7. The largest absolute Gasteiger partial charge is 0.375 e. The molecule has 136 valence electrons. The minimum Gasteiger partial charge on any atom is -0.375 e. The van der Waals surface area contributed by atoms with Crippen LogP contribution in [0.25, 0.3) is 0 Å². The Morgan fingerprint density at radius 2 is 2.08 bits per heavy atom. The molecule has 26 heavy (non-hydrogen) atoms. The van der Waals surface area contributed by atoms with Crippen LogP contribution in [0.1, 0.15) is 67.6 Å². The van der Waals surface area contributed by atoms with Gasteiger partial charge in [0.15, 0.2) is 0 Å². The molecule has 5 atom stereocenters. The van der Waals surface area contributed by atoms with Crippen molar-refractivity contribution >= 4 is 0 Å². The van der Waals surface area contributed by atoms with Gasteiger partial charge in [-0.15, -0.1) is 0 Å². The van der Waals surface area contributed by atoms with Crippen LogP contribution >= 0.6 is 0 Å². The SMILES string of the molecule is c1cc2c3cc1C14CC(CN1)CC4N1CC4CC1(CO4)C31CCC2CC1. The molecule has 4 aliphatic heterocycles. The summed E-state index contributed by atoms with van der Waals surface area (Å²) in [6.45, 7) is 3.40. The lowest BCUT2D eigenvalue weighted by Crippen LogP contribution is -2.71. The number of ether oxygens (including phenoxy) is 1. The second-order valence-electron chi connectivity index (χ2n) is 10.7. The molecule has 1 aromatic rings. The van der Waals surface area contributed by atoms with E-state index in [2.05, 4.69) is 28.4 Å². The summed E-state index contributed by atoms with van der Waals surface area (Å²) in [5.74, 6) is 1.70. The van der Waals surface area contributed by atoms with E-state index in [0.717, 1.165) is 18.4 Å². The highest BCUT2D eigenvalue weighted by molar-refractivity contribution is 5.52. The minimum atomic E-state index is 0.218. The van der Waals surface area contributed by atoms with E-state index in [1.807, 2.05) is 0 Å². The number of hydrogen-bond acceptors (Lipinski definition) is 3. The summed E-state index contributed by atoms with van der Waals surface area (Å²) >= 11 is 0. The Bertz CT molecular complexity index is 843. The highest BCUT2D eigenvalue weighted by Gasteiger charge is 2.71. The van der Waals surface area contributed by atoms with Gasteiger partial charge in [0.2, 0.25) is 0 Å². The van der Waals surface area contributed by atoms with Gasteiger partial charge in [-0.05, 0) is 80.0 Å². The summed E-state index contributed by atoms with van der Waals surface area (Å²) in [5, 5.41) is 4.05. The number of benzene rings is 1. The highest BCUT2D eigenvalue weighted by Crippen LogP contribution is 2.67. The Kier molecular flexibility index (Phi) is 2.22. The molecule has 5 fully saturated rings.